The van der Waals surface area contributed by atoms with Crippen molar-refractivity contribution in [1.29, 1.82) is 0 Å². The topological polar surface area (TPSA) is 110 Å². The van der Waals surface area contributed by atoms with E-state index in [1.54, 1.807) is 18.7 Å². The Morgan fingerprint density at radius 2 is 1.20 bits per heavy atom. The van der Waals surface area contributed by atoms with Gasteiger partial charge in [-0.3, -0.25) is 14.5 Å². The van der Waals surface area contributed by atoms with Crippen molar-refractivity contribution in [3.63, 3.8) is 0 Å². The number of carbonyl (C=O) groups excluding carboxylic acids is 2. The molecule has 0 fully saturated rings. The number of hydrogen-bond acceptors (Lipinski definition) is 9. The van der Waals surface area contributed by atoms with Crippen molar-refractivity contribution in [2.45, 2.75) is 13.8 Å². The molecule has 0 radical (unpaired) electrons. The van der Waals surface area contributed by atoms with Gasteiger partial charge in [-0.15, -0.1) is 0 Å². The zero-order valence-corrected chi connectivity index (χ0v) is 15.4. The van der Waals surface area contributed by atoms with Crippen LogP contribution in [-0.2, 0) is 33.3 Å². The largest absolute Gasteiger partial charge is 0.465 e. The van der Waals surface area contributed by atoms with Gasteiger partial charge >= 0.3 is 11.9 Å². The van der Waals surface area contributed by atoms with E-state index in [4.69, 9.17) is 29.4 Å². The standard InChI is InChI=1S/C16H32N2O7/c1-3-24-15(19)13-18(14-16(20)25-4-2)6-8-22-10-12-23-11-9-21-7-5-17/h3-14,17H2,1-2H3. The summed E-state index contributed by atoms with van der Waals surface area (Å²) in [6.45, 7) is 7.77. The van der Waals surface area contributed by atoms with Crippen molar-refractivity contribution in [3.05, 3.63) is 0 Å². The van der Waals surface area contributed by atoms with E-state index >= 15 is 0 Å². The second-order valence-electron chi connectivity index (χ2n) is 4.95. The fourth-order valence-electron chi connectivity index (χ4n) is 1.81. The Labute approximate surface area is 149 Å². The molecule has 25 heavy (non-hydrogen) atoms. The van der Waals surface area contributed by atoms with Crippen LogP contribution >= 0.6 is 0 Å². The minimum absolute atomic E-state index is 0.0188. The van der Waals surface area contributed by atoms with Crippen LogP contribution in [0.4, 0.5) is 0 Å². The Balaban J connectivity index is 3.85. The predicted molar refractivity (Wildman–Crippen MR) is 91.2 cm³/mol. The SMILES string of the molecule is CCOC(=O)CN(CCOCCOCCOCCN)CC(=O)OCC. The molecule has 0 aliphatic carbocycles. The van der Waals surface area contributed by atoms with Gasteiger partial charge in [0.2, 0.25) is 0 Å². The summed E-state index contributed by atoms with van der Waals surface area (Å²) in [7, 11) is 0. The maximum absolute atomic E-state index is 11.6. The van der Waals surface area contributed by atoms with Crippen LogP contribution in [0.15, 0.2) is 0 Å². The Hall–Kier alpha value is -1.26. The third-order valence-corrected chi connectivity index (χ3v) is 2.87. The molecule has 148 valence electrons. The second kappa shape index (κ2) is 17.6. The molecule has 0 unspecified atom stereocenters. The minimum Gasteiger partial charge on any atom is -0.465 e. The first-order chi connectivity index (χ1) is 12.1. The zero-order chi connectivity index (χ0) is 18.8. The summed E-state index contributed by atoms with van der Waals surface area (Å²) in [5.41, 5.74) is 5.29. The lowest BCUT2D eigenvalue weighted by Gasteiger charge is -2.20. The second-order valence-corrected chi connectivity index (χ2v) is 4.95. The predicted octanol–water partition coefficient (Wildman–Crippen LogP) is -0.577. The van der Waals surface area contributed by atoms with Gasteiger partial charge in [0.15, 0.2) is 0 Å². The van der Waals surface area contributed by atoms with E-state index in [2.05, 4.69) is 0 Å². The van der Waals surface area contributed by atoms with Gasteiger partial charge in [-0.25, -0.2) is 0 Å². The normalized spacial score (nSPS) is 10.9. The fraction of sp³-hybridized carbons (Fsp3) is 0.875. The van der Waals surface area contributed by atoms with E-state index in [1.165, 1.54) is 0 Å². The smallest absolute Gasteiger partial charge is 0.320 e. The molecule has 0 spiro atoms. The first-order valence-corrected chi connectivity index (χ1v) is 8.60. The van der Waals surface area contributed by atoms with Gasteiger partial charge < -0.3 is 29.4 Å². The first-order valence-electron chi connectivity index (χ1n) is 8.60. The summed E-state index contributed by atoms with van der Waals surface area (Å²) in [4.78, 5) is 24.8. The Morgan fingerprint density at radius 1 is 0.760 bits per heavy atom. The van der Waals surface area contributed by atoms with Crippen molar-refractivity contribution < 1.29 is 33.3 Å². The first kappa shape index (κ1) is 23.7. The van der Waals surface area contributed by atoms with Crippen molar-refractivity contribution in [1.82, 2.24) is 4.90 Å². The molecule has 9 nitrogen and oxygen atoms in total. The van der Waals surface area contributed by atoms with Crippen molar-refractivity contribution in [3.8, 4) is 0 Å². The molecule has 0 aliphatic heterocycles. The molecule has 0 saturated heterocycles. The highest BCUT2D eigenvalue weighted by Crippen LogP contribution is 1.94. The highest BCUT2D eigenvalue weighted by molar-refractivity contribution is 5.75. The summed E-state index contributed by atoms with van der Waals surface area (Å²) in [6, 6.07) is 0. The van der Waals surface area contributed by atoms with Gasteiger partial charge in [0.25, 0.3) is 0 Å². The van der Waals surface area contributed by atoms with Crippen molar-refractivity contribution in [2.75, 3.05) is 79.0 Å². The minimum atomic E-state index is -0.382. The number of rotatable bonds is 17. The summed E-state index contributed by atoms with van der Waals surface area (Å²) in [6.07, 6.45) is 0. The van der Waals surface area contributed by atoms with Gasteiger partial charge in [0.1, 0.15) is 0 Å². The van der Waals surface area contributed by atoms with Crippen LogP contribution in [0.5, 0.6) is 0 Å². The Kier molecular flexibility index (Phi) is 16.7. The average Bonchev–Trinajstić information content (AvgIpc) is 2.56. The number of esters is 2. The zero-order valence-electron chi connectivity index (χ0n) is 15.4. The molecular weight excluding hydrogens is 332 g/mol. The molecule has 0 aromatic rings. The molecule has 0 rings (SSSR count). The maximum atomic E-state index is 11.6. The summed E-state index contributed by atoms with van der Waals surface area (Å²) in [5, 5.41) is 0. The van der Waals surface area contributed by atoms with Gasteiger partial charge in [-0.05, 0) is 13.8 Å². The molecule has 0 atom stereocenters. The highest BCUT2D eigenvalue weighted by Gasteiger charge is 2.15. The number of ether oxygens (including phenoxy) is 5. The molecule has 0 aromatic carbocycles. The summed E-state index contributed by atoms with van der Waals surface area (Å²) in [5.74, 6) is -0.764. The van der Waals surface area contributed by atoms with Crippen LogP contribution in [0.3, 0.4) is 0 Å². The molecule has 0 aliphatic rings. The van der Waals surface area contributed by atoms with Crippen LogP contribution < -0.4 is 5.73 Å². The van der Waals surface area contributed by atoms with E-state index in [0.717, 1.165) is 0 Å². The van der Waals surface area contributed by atoms with E-state index < -0.39 is 0 Å². The third kappa shape index (κ3) is 16.0. The number of carbonyl (C=O) groups is 2. The van der Waals surface area contributed by atoms with Crippen LogP contribution in [0.2, 0.25) is 0 Å². The lowest BCUT2D eigenvalue weighted by molar-refractivity contribution is -0.148. The van der Waals surface area contributed by atoms with Crippen molar-refractivity contribution in [2.24, 2.45) is 5.73 Å². The highest BCUT2D eigenvalue weighted by atomic mass is 16.5. The molecule has 0 saturated carbocycles. The van der Waals surface area contributed by atoms with Crippen LogP contribution in [-0.4, -0.2) is 95.9 Å². The molecule has 9 heteroatoms. The monoisotopic (exact) mass is 364 g/mol. The Bertz CT molecular complexity index is 322. The molecule has 2 N–H and O–H groups in total. The number of nitrogens with zero attached hydrogens (tertiary/aromatic N) is 1. The average molecular weight is 364 g/mol. The summed E-state index contributed by atoms with van der Waals surface area (Å²) >= 11 is 0. The van der Waals surface area contributed by atoms with Crippen LogP contribution in [0.25, 0.3) is 0 Å². The molecule has 0 amide bonds. The molecule has 0 heterocycles. The van der Waals surface area contributed by atoms with E-state index in [0.29, 0.717) is 65.9 Å². The summed E-state index contributed by atoms with van der Waals surface area (Å²) < 4.78 is 25.7. The third-order valence-electron chi connectivity index (χ3n) is 2.87. The molecule has 0 aromatic heterocycles. The lowest BCUT2D eigenvalue weighted by Crippen LogP contribution is -2.38. The van der Waals surface area contributed by atoms with Gasteiger partial charge in [-0.2, -0.15) is 0 Å². The van der Waals surface area contributed by atoms with Gasteiger partial charge in [0.05, 0.1) is 65.9 Å². The van der Waals surface area contributed by atoms with Crippen LogP contribution in [0, 0.1) is 0 Å². The Morgan fingerprint density at radius 3 is 1.64 bits per heavy atom. The molecule has 0 bridgehead atoms. The number of nitrogens with two attached hydrogens (primary N) is 1. The molecular formula is C16H32N2O7. The van der Waals surface area contributed by atoms with Crippen molar-refractivity contribution >= 4 is 11.9 Å². The van der Waals surface area contributed by atoms with E-state index in [1.807, 2.05) is 0 Å². The fourth-order valence-corrected chi connectivity index (χ4v) is 1.81. The van der Waals surface area contributed by atoms with Gasteiger partial charge in [0, 0.05) is 13.1 Å². The maximum Gasteiger partial charge on any atom is 0.320 e. The number of hydrogen-bond donors (Lipinski definition) is 1. The van der Waals surface area contributed by atoms with Crippen LogP contribution in [0.1, 0.15) is 13.8 Å². The van der Waals surface area contributed by atoms with Gasteiger partial charge in [-0.1, -0.05) is 0 Å². The quantitative estimate of drug-likeness (QED) is 0.268. The van der Waals surface area contributed by atoms with E-state index in [9.17, 15) is 9.59 Å². The lowest BCUT2D eigenvalue weighted by atomic mass is 10.4. The van der Waals surface area contributed by atoms with E-state index in [-0.39, 0.29) is 25.0 Å².